The number of carbonyl (C=O) groups excluding carboxylic acids is 1. The highest BCUT2D eigenvalue weighted by atomic mass is 35.5. The van der Waals surface area contributed by atoms with Crippen LogP contribution in [-0.4, -0.2) is 6.29 Å². The van der Waals surface area contributed by atoms with Crippen LogP contribution in [0.25, 0.3) is 0 Å². The van der Waals surface area contributed by atoms with Crippen molar-refractivity contribution < 1.29 is 4.79 Å². The van der Waals surface area contributed by atoms with Crippen LogP contribution in [0.5, 0.6) is 0 Å². The molecule has 56 valence electrons. The van der Waals surface area contributed by atoms with E-state index in [1.807, 2.05) is 0 Å². The maximum atomic E-state index is 10.3. The molecular weight excluding hydrogens is 166 g/mol. The monoisotopic (exact) mass is 169 g/mol. The summed E-state index contributed by atoms with van der Waals surface area (Å²) in [4.78, 5) is 20.3. The smallest absolute Gasteiger partial charge is 0.152 e. The molecule has 0 aliphatic rings. The van der Waals surface area contributed by atoms with Crippen molar-refractivity contribution in [2.24, 2.45) is 5.18 Å². The lowest BCUT2D eigenvalue weighted by atomic mass is 10.2. The second-order valence-corrected chi connectivity index (χ2v) is 2.35. The molecule has 0 saturated heterocycles. The Hall–Kier alpha value is -1.22. The van der Waals surface area contributed by atoms with E-state index >= 15 is 0 Å². The maximum Gasteiger partial charge on any atom is 0.152 e. The van der Waals surface area contributed by atoms with Crippen molar-refractivity contribution in [2.45, 2.75) is 0 Å². The van der Waals surface area contributed by atoms with Gasteiger partial charge in [-0.2, -0.15) is 0 Å². The summed E-state index contributed by atoms with van der Waals surface area (Å²) in [5.74, 6) is 0. The highest BCUT2D eigenvalue weighted by Crippen LogP contribution is 2.21. The molecule has 0 spiro atoms. The number of hydrogen-bond donors (Lipinski definition) is 0. The second kappa shape index (κ2) is 3.25. The van der Waals surface area contributed by atoms with Crippen molar-refractivity contribution in [3.8, 4) is 0 Å². The third kappa shape index (κ3) is 1.62. The van der Waals surface area contributed by atoms with Crippen molar-refractivity contribution in [2.75, 3.05) is 0 Å². The normalized spacial score (nSPS) is 9.18. The zero-order valence-electron chi connectivity index (χ0n) is 5.45. The SMILES string of the molecule is O=Cc1ccc(Cl)cc1N=O. The third-order valence-corrected chi connectivity index (χ3v) is 1.45. The highest BCUT2D eigenvalue weighted by molar-refractivity contribution is 6.31. The lowest BCUT2D eigenvalue weighted by Crippen LogP contribution is -1.78. The topological polar surface area (TPSA) is 46.5 Å². The molecule has 0 N–H and O–H groups in total. The molecule has 0 aliphatic carbocycles. The standard InChI is InChI=1S/C7H4ClNO2/c8-6-2-1-5(4-10)7(3-6)9-11/h1-4H. The lowest BCUT2D eigenvalue weighted by molar-refractivity contribution is 0.112. The minimum atomic E-state index is 0.0764. The predicted octanol–water partition coefficient (Wildman–Crippen LogP) is 2.55. The van der Waals surface area contributed by atoms with Gasteiger partial charge in [-0.25, -0.2) is 0 Å². The molecule has 1 aromatic carbocycles. The fourth-order valence-electron chi connectivity index (χ4n) is 0.696. The summed E-state index contributed by atoms with van der Waals surface area (Å²) in [6.07, 6.45) is 0.563. The molecule has 0 bridgehead atoms. The Morgan fingerprint density at radius 2 is 2.18 bits per heavy atom. The van der Waals surface area contributed by atoms with Crippen molar-refractivity contribution >= 4 is 23.6 Å². The zero-order valence-corrected chi connectivity index (χ0v) is 6.21. The van der Waals surface area contributed by atoms with E-state index < -0.39 is 0 Å². The molecule has 0 unspecified atom stereocenters. The van der Waals surface area contributed by atoms with Crippen LogP contribution in [0.2, 0.25) is 5.02 Å². The molecule has 0 fully saturated rings. The van der Waals surface area contributed by atoms with E-state index in [0.29, 0.717) is 11.3 Å². The largest absolute Gasteiger partial charge is 0.298 e. The summed E-state index contributed by atoms with van der Waals surface area (Å²) in [5, 5.41) is 3.03. The summed E-state index contributed by atoms with van der Waals surface area (Å²) in [6, 6.07) is 4.32. The van der Waals surface area contributed by atoms with Crippen molar-refractivity contribution in [1.82, 2.24) is 0 Å². The van der Waals surface area contributed by atoms with Gasteiger partial charge in [0.25, 0.3) is 0 Å². The number of nitroso groups, excluding NO2 is 1. The second-order valence-electron chi connectivity index (χ2n) is 1.91. The number of nitrogens with zero attached hydrogens (tertiary/aromatic N) is 1. The van der Waals surface area contributed by atoms with Crippen LogP contribution >= 0.6 is 11.6 Å². The number of benzene rings is 1. The molecular formula is C7H4ClNO2. The van der Waals surface area contributed by atoms with E-state index in [-0.39, 0.29) is 11.3 Å². The fourth-order valence-corrected chi connectivity index (χ4v) is 0.862. The average Bonchev–Trinajstić information content (AvgIpc) is 2.04. The van der Waals surface area contributed by atoms with E-state index in [0.717, 1.165) is 0 Å². The van der Waals surface area contributed by atoms with Gasteiger partial charge in [0.2, 0.25) is 0 Å². The van der Waals surface area contributed by atoms with Gasteiger partial charge in [-0.3, -0.25) is 4.79 Å². The molecule has 1 rings (SSSR count). The molecule has 0 amide bonds. The quantitative estimate of drug-likeness (QED) is 0.505. The van der Waals surface area contributed by atoms with Crippen LogP contribution in [0.15, 0.2) is 23.4 Å². The minimum Gasteiger partial charge on any atom is -0.298 e. The van der Waals surface area contributed by atoms with Gasteiger partial charge in [0.15, 0.2) is 6.29 Å². The first-order valence-electron chi connectivity index (χ1n) is 2.86. The first-order chi connectivity index (χ1) is 5.27. The summed E-state index contributed by atoms with van der Waals surface area (Å²) < 4.78 is 0. The van der Waals surface area contributed by atoms with Gasteiger partial charge in [-0.05, 0) is 23.4 Å². The molecule has 4 heteroatoms. The number of halogens is 1. The Labute approximate surface area is 68.0 Å². The summed E-state index contributed by atoms with van der Waals surface area (Å²) in [7, 11) is 0. The molecule has 1 aromatic rings. The van der Waals surface area contributed by atoms with Gasteiger partial charge in [-0.1, -0.05) is 11.6 Å². The van der Waals surface area contributed by atoms with Gasteiger partial charge in [0.05, 0.1) is 0 Å². The average molecular weight is 170 g/mol. The number of rotatable bonds is 2. The summed E-state index contributed by atoms with van der Waals surface area (Å²) in [6.45, 7) is 0. The van der Waals surface area contributed by atoms with E-state index in [9.17, 15) is 9.70 Å². The Bertz CT molecular complexity index is 298. The number of hydrogen-bond acceptors (Lipinski definition) is 3. The highest BCUT2D eigenvalue weighted by Gasteiger charge is 2.01. The summed E-state index contributed by atoms with van der Waals surface area (Å²) in [5.41, 5.74) is 0.330. The first-order valence-corrected chi connectivity index (χ1v) is 3.24. The number of carbonyl (C=O) groups is 1. The van der Waals surface area contributed by atoms with Crippen molar-refractivity contribution in [1.29, 1.82) is 0 Å². The van der Waals surface area contributed by atoms with Crippen LogP contribution in [0.3, 0.4) is 0 Å². The van der Waals surface area contributed by atoms with Gasteiger partial charge in [-0.15, -0.1) is 4.91 Å². The number of aldehydes is 1. The van der Waals surface area contributed by atoms with Gasteiger partial charge in [0, 0.05) is 10.6 Å². The Morgan fingerprint density at radius 3 is 2.73 bits per heavy atom. The Balaban J connectivity index is 3.26. The zero-order chi connectivity index (χ0) is 8.27. The summed E-state index contributed by atoms with van der Waals surface area (Å²) >= 11 is 5.54. The Morgan fingerprint density at radius 1 is 1.45 bits per heavy atom. The van der Waals surface area contributed by atoms with Crippen molar-refractivity contribution in [3.05, 3.63) is 33.7 Å². The maximum absolute atomic E-state index is 10.3. The van der Waals surface area contributed by atoms with E-state index in [1.165, 1.54) is 18.2 Å². The molecule has 0 heterocycles. The molecule has 0 aliphatic heterocycles. The molecule has 0 aromatic heterocycles. The molecule has 0 saturated carbocycles. The van der Waals surface area contributed by atoms with Crippen LogP contribution in [0, 0.1) is 4.91 Å². The molecule has 11 heavy (non-hydrogen) atoms. The fraction of sp³-hybridized carbons (Fsp3) is 0. The van der Waals surface area contributed by atoms with Gasteiger partial charge >= 0.3 is 0 Å². The van der Waals surface area contributed by atoms with Gasteiger partial charge < -0.3 is 0 Å². The predicted molar refractivity (Wildman–Crippen MR) is 42.3 cm³/mol. The van der Waals surface area contributed by atoms with Crippen LogP contribution < -0.4 is 0 Å². The third-order valence-electron chi connectivity index (χ3n) is 1.22. The first kappa shape index (κ1) is 7.88. The van der Waals surface area contributed by atoms with Crippen LogP contribution in [-0.2, 0) is 0 Å². The lowest BCUT2D eigenvalue weighted by Gasteiger charge is -1.93. The van der Waals surface area contributed by atoms with Gasteiger partial charge in [0.1, 0.15) is 5.69 Å². The van der Waals surface area contributed by atoms with Crippen molar-refractivity contribution in [3.63, 3.8) is 0 Å². The van der Waals surface area contributed by atoms with Crippen LogP contribution in [0.1, 0.15) is 10.4 Å². The van der Waals surface area contributed by atoms with Crippen LogP contribution in [0.4, 0.5) is 5.69 Å². The molecule has 3 nitrogen and oxygen atoms in total. The molecule has 0 radical (unpaired) electrons. The Kier molecular flexibility index (Phi) is 2.33. The van der Waals surface area contributed by atoms with E-state index in [4.69, 9.17) is 11.6 Å². The molecule has 0 atom stereocenters. The minimum absolute atomic E-state index is 0.0764. The van der Waals surface area contributed by atoms with E-state index in [1.54, 1.807) is 0 Å². The van der Waals surface area contributed by atoms with E-state index in [2.05, 4.69) is 5.18 Å².